The summed E-state index contributed by atoms with van der Waals surface area (Å²) in [5.41, 5.74) is 9.01. The number of hydrogen-bond donors (Lipinski definition) is 3. The molecule has 1 aliphatic heterocycles. The number of rotatable bonds is 1. The third-order valence-corrected chi connectivity index (χ3v) is 2.57. The van der Waals surface area contributed by atoms with Crippen LogP contribution in [-0.4, -0.2) is 17.9 Å². The Hall–Kier alpha value is -1.59. The number of pyridine rings is 1. The number of likely N-dealkylation sites (N-methyl/N-ethyl adjacent to an activating group) is 1. The van der Waals surface area contributed by atoms with Crippen molar-refractivity contribution in [2.24, 2.45) is 5.73 Å². The lowest BCUT2D eigenvalue weighted by molar-refractivity contribution is 0.425. The summed E-state index contributed by atoms with van der Waals surface area (Å²) in [5.74, 6) is 0.883. The molecule has 15 heavy (non-hydrogen) atoms. The van der Waals surface area contributed by atoms with Crippen LogP contribution in [0.15, 0.2) is 30.1 Å². The Labute approximate surface area is 92.2 Å². The predicted molar refractivity (Wildman–Crippen MR) is 60.1 cm³/mol. The smallest absolute Gasteiger partial charge is 0.276 e. The van der Waals surface area contributed by atoms with E-state index in [4.69, 9.17) is 22.7 Å². The molecule has 0 bridgehead atoms. The Balaban J connectivity index is 2.44. The number of nitrogens with two attached hydrogens (primary N) is 1. The molecule has 0 saturated carbocycles. The number of hydrogen-bond acceptors (Lipinski definition) is 4. The monoisotopic (exact) mass is 224 g/mol. The van der Waals surface area contributed by atoms with Crippen LogP contribution in [0, 0.1) is 5.41 Å². The third-order valence-electron chi connectivity index (χ3n) is 2.36. The molecular formula is C9H11ClN5+. The average Bonchev–Trinajstić information content (AvgIpc) is 2.48. The Morgan fingerprint density at radius 1 is 1.53 bits per heavy atom. The van der Waals surface area contributed by atoms with Gasteiger partial charge in [0.15, 0.2) is 0 Å². The molecule has 78 valence electrons. The molecular weight excluding hydrogens is 214 g/mol. The number of nitrogens with one attached hydrogen (secondary N) is 2. The van der Waals surface area contributed by atoms with Crippen LogP contribution in [0.4, 0.5) is 5.82 Å². The lowest BCUT2D eigenvalue weighted by Gasteiger charge is -2.25. The van der Waals surface area contributed by atoms with Gasteiger partial charge in [-0.15, -0.1) is 4.59 Å². The standard InChI is InChI=1S/C9H11ClN5/c1-15(9(12)6(11)5-13-15)8-4-2-3-7(10)14-8/h2-5,12-13H,11H2,1H3/q+1. The molecule has 1 aliphatic rings. The van der Waals surface area contributed by atoms with E-state index in [0.29, 0.717) is 16.7 Å². The van der Waals surface area contributed by atoms with E-state index < -0.39 is 0 Å². The van der Waals surface area contributed by atoms with Gasteiger partial charge < -0.3 is 5.73 Å². The predicted octanol–water partition coefficient (Wildman–Crippen LogP) is 0.968. The van der Waals surface area contributed by atoms with E-state index in [9.17, 15) is 0 Å². The van der Waals surface area contributed by atoms with Crippen molar-refractivity contribution >= 4 is 23.3 Å². The lowest BCUT2D eigenvalue weighted by Crippen LogP contribution is -2.55. The average molecular weight is 225 g/mol. The van der Waals surface area contributed by atoms with Crippen LogP contribution >= 0.6 is 11.6 Å². The normalized spacial score (nSPS) is 24.9. The largest absolute Gasteiger partial charge is 0.391 e. The minimum Gasteiger partial charge on any atom is -0.391 e. The van der Waals surface area contributed by atoms with Crippen LogP contribution in [0.3, 0.4) is 0 Å². The van der Waals surface area contributed by atoms with Gasteiger partial charge in [0.2, 0.25) is 0 Å². The molecule has 0 saturated heterocycles. The van der Waals surface area contributed by atoms with Crippen LogP contribution in [0.2, 0.25) is 5.15 Å². The quantitative estimate of drug-likeness (QED) is 0.492. The Bertz CT molecular complexity index is 456. The second-order valence-corrected chi connectivity index (χ2v) is 3.79. The van der Waals surface area contributed by atoms with Gasteiger partial charge in [0.05, 0.1) is 6.20 Å². The van der Waals surface area contributed by atoms with E-state index in [1.54, 1.807) is 31.4 Å². The zero-order valence-electron chi connectivity index (χ0n) is 8.16. The minimum atomic E-state index is 0.0341. The summed E-state index contributed by atoms with van der Waals surface area (Å²) in [5, 5.41) is 8.25. The molecule has 1 atom stereocenters. The Morgan fingerprint density at radius 3 is 2.80 bits per heavy atom. The highest BCUT2D eigenvalue weighted by molar-refractivity contribution is 6.29. The summed E-state index contributed by atoms with van der Waals surface area (Å²) in [6.07, 6.45) is 1.59. The van der Waals surface area contributed by atoms with Crippen molar-refractivity contribution < 1.29 is 0 Å². The maximum atomic E-state index is 7.85. The Kier molecular flexibility index (Phi) is 2.13. The first-order valence-corrected chi connectivity index (χ1v) is 4.74. The minimum absolute atomic E-state index is 0.0341. The van der Waals surface area contributed by atoms with Crippen molar-refractivity contribution in [2.45, 2.75) is 0 Å². The van der Waals surface area contributed by atoms with E-state index in [1.807, 2.05) is 0 Å². The summed E-state index contributed by atoms with van der Waals surface area (Å²) < 4.78 is 0.0341. The first-order chi connectivity index (χ1) is 7.04. The molecule has 5 nitrogen and oxygen atoms in total. The van der Waals surface area contributed by atoms with Gasteiger partial charge in [-0.05, 0) is 6.07 Å². The second-order valence-electron chi connectivity index (χ2n) is 3.40. The summed E-state index contributed by atoms with van der Waals surface area (Å²) in [7, 11) is 1.79. The van der Waals surface area contributed by atoms with Crippen LogP contribution < -0.4 is 15.8 Å². The Morgan fingerprint density at radius 2 is 2.27 bits per heavy atom. The van der Waals surface area contributed by atoms with Crippen molar-refractivity contribution in [3.05, 3.63) is 35.2 Å². The van der Waals surface area contributed by atoms with E-state index in [1.165, 1.54) is 0 Å². The molecule has 0 fully saturated rings. The molecule has 2 heterocycles. The number of amidine groups is 1. The molecule has 0 spiro atoms. The summed E-state index contributed by atoms with van der Waals surface area (Å²) in [4.78, 5) is 4.16. The fourth-order valence-corrected chi connectivity index (χ4v) is 1.58. The summed E-state index contributed by atoms with van der Waals surface area (Å²) in [6, 6.07) is 5.27. The van der Waals surface area contributed by atoms with Crippen LogP contribution in [0.5, 0.6) is 0 Å². The zero-order chi connectivity index (χ0) is 11.1. The fourth-order valence-electron chi connectivity index (χ4n) is 1.42. The van der Waals surface area contributed by atoms with E-state index >= 15 is 0 Å². The first kappa shape index (κ1) is 9.95. The second kappa shape index (κ2) is 3.22. The molecule has 1 unspecified atom stereocenters. The number of halogens is 1. The highest BCUT2D eigenvalue weighted by Gasteiger charge is 2.39. The van der Waals surface area contributed by atoms with Crippen molar-refractivity contribution in [3.63, 3.8) is 0 Å². The van der Waals surface area contributed by atoms with Gasteiger partial charge >= 0.3 is 0 Å². The molecule has 0 radical (unpaired) electrons. The number of aromatic nitrogens is 1. The van der Waals surface area contributed by atoms with Gasteiger partial charge in [-0.3, -0.25) is 0 Å². The summed E-state index contributed by atoms with van der Waals surface area (Å²) >= 11 is 5.80. The third kappa shape index (κ3) is 1.45. The highest BCUT2D eigenvalue weighted by Crippen LogP contribution is 2.22. The van der Waals surface area contributed by atoms with Crippen molar-refractivity contribution in [1.82, 2.24) is 15.0 Å². The van der Waals surface area contributed by atoms with Gasteiger partial charge in [0, 0.05) is 6.07 Å². The van der Waals surface area contributed by atoms with Gasteiger partial charge in [-0.25, -0.2) is 10.8 Å². The summed E-state index contributed by atoms with van der Waals surface area (Å²) in [6.45, 7) is 0. The molecule has 1 aromatic heterocycles. The first-order valence-electron chi connectivity index (χ1n) is 4.36. The maximum absolute atomic E-state index is 7.85. The van der Waals surface area contributed by atoms with E-state index in [0.717, 1.165) is 0 Å². The van der Waals surface area contributed by atoms with Crippen molar-refractivity contribution in [1.29, 1.82) is 5.41 Å². The van der Waals surface area contributed by atoms with Crippen LogP contribution in [0.1, 0.15) is 0 Å². The topological polar surface area (TPSA) is 74.8 Å². The van der Waals surface area contributed by atoms with Crippen molar-refractivity contribution in [2.75, 3.05) is 7.05 Å². The molecule has 1 aromatic rings. The number of quaternary nitrogens is 1. The van der Waals surface area contributed by atoms with Gasteiger partial charge in [-0.2, -0.15) is 4.98 Å². The molecule has 0 aromatic carbocycles. The van der Waals surface area contributed by atoms with E-state index in [2.05, 4.69) is 10.4 Å². The molecule has 2 rings (SSSR count). The zero-order valence-corrected chi connectivity index (χ0v) is 8.92. The van der Waals surface area contributed by atoms with Crippen molar-refractivity contribution in [3.8, 4) is 0 Å². The molecule has 4 N–H and O–H groups in total. The molecule has 6 heteroatoms. The lowest BCUT2D eigenvalue weighted by atomic mass is 10.3. The fraction of sp³-hybridized carbons (Fsp3) is 0.111. The SMILES string of the molecule is C[N+]1(c2cccc(Cl)n2)NC=C(N)C1=N. The van der Waals surface area contributed by atoms with Gasteiger partial charge in [0.25, 0.3) is 11.7 Å². The van der Waals surface area contributed by atoms with Crippen LogP contribution in [0.25, 0.3) is 0 Å². The van der Waals surface area contributed by atoms with Gasteiger partial charge in [0.1, 0.15) is 17.9 Å². The number of nitrogens with zero attached hydrogens (tertiary/aromatic N) is 2. The van der Waals surface area contributed by atoms with Crippen LogP contribution in [-0.2, 0) is 0 Å². The highest BCUT2D eigenvalue weighted by atomic mass is 35.5. The van der Waals surface area contributed by atoms with Gasteiger partial charge in [-0.1, -0.05) is 17.7 Å². The maximum Gasteiger partial charge on any atom is 0.276 e. The molecule has 0 aliphatic carbocycles. The van der Waals surface area contributed by atoms with E-state index in [-0.39, 0.29) is 10.4 Å². The molecule has 0 amide bonds.